The maximum atomic E-state index is 14.5. The molecular weight excluding hydrogens is 393 g/mol. The molecule has 11 heteroatoms. The molecule has 0 spiro atoms. The second kappa shape index (κ2) is 7.40. The number of ether oxygens (including phenoxy) is 1. The third-order valence-electron chi connectivity index (χ3n) is 4.41. The first-order chi connectivity index (χ1) is 13.5. The van der Waals surface area contributed by atoms with E-state index in [0.717, 1.165) is 0 Å². The minimum atomic E-state index is -1.81. The fourth-order valence-corrected chi connectivity index (χ4v) is 3.18. The summed E-state index contributed by atoms with van der Waals surface area (Å²) in [6.45, 7) is -0.543. The van der Waals surface area contributed by atoms with Crippen LogP contribution < -0.4 is 5.32 Å². The highest BCUT2D eigenvalue weighted by Gasteiger charge is 2.45. The number of imidazole rings is 1. The Morgan fingerprint density at radius 3 is 2.75 bits per heavy atom. The van der Waals surface area contributed by atoms with Crippen LogP contribution in [0.25, 0.3) is 11.2 Å². The van der Waals surface area contributed by atoms with Gasteiger partial charge in [-0.15, -0.1) is 0 Å². The topological polar surface area (TPSA) is 122 Å². The minimum absolute atomic E-state index is 0.0512. The number of rotatable bonds is 4. The summed E-state index contributed by atoms with van der Waals surface area (Å²) in [7, 11) is 0. The van der Waals surface area contributed by atoms with E-state index in [1.54, 1.807) is 30.3 Å². The van der Waals surface area contributed by atoms with Gasteiger partial charge in [-0.3, -0.25) is 9.36 Å². The zero-order chi connectivity index (χ0) is 19.8. The fraction of sp³-hybridized carbons (Fsp3) is 0.294. The van der Waals surface area contributed by atoms with Crippen molar-refractivity contribution in [3.8, 4) is 0 Å². The lowest BCUT2D eigenvalue weighted by Gasteiger charge is -2.15. The summed E-state index contributed by atoms with van der Waals surface area (Å²) < 4.78 is 21.1. The SMILES string of the molecule is O=C(Nc1nc(Cl)nc2c1ncn2C1OC(CO)C(O)C1F)c1ccccc1. The first-order valence-electron chi connectivity index (χ1n) is 8.34. The summed E-state index contributed by atoms with van der Waals surface area (Å²) in [5.74, 6) is -0.377. The van der Waals surface area contributed by atoms with Gasteiger partial charge in [-0.05, 0) is 23.7 Å². The number of fused-ring (bicyclic) bond motifs is 1. The number of aromatic nitrogens is 4. The Kier molecular flexibility index (Phi) is 4.94. The van der Waals surface area contributed by atoms with Crippen LogP contribution >= 0.6 is 11.6 Å². The number of aliphatic hydroxyl groups excluding tert-OH is 2. The molecular formula is C17H15ClFN5O4. The normalized spacial score (nSPS) is 24.6. The van der Waals surface area contributed by atoms with Gasteiger partial charge in [-0.25, -0.2) is 9.37 Å². The van der Waals surface area contributed by atoms with E-state index >= 15 is 0 Å². The van der Waals surface area contributed by atoms with E-state index in [1.807, 2.05) is 0 Å². The highest BCUT2D eigenvalue weighted by Crippen LogP contribution is 2.34. The van der Waals surface area contributed by atoms with Crippen LogP contribution in [0.3, 0.4) is 0 Å². The van der Waals surface area contributed by atoms with Crippen LogP contribution in [0.15, 0.2) is 36.7 Å². The van der Waals surface area contributed by atoms with Gasteiger partial charge in [0.2, 0.25) is 5.28 Å². The van der Waals surface area contributed by atoms with Crippen LogP contribution in [0.2, 0.25) is 5.28 Å². The van der Waals surface area contributed by atoms with Gasteiger partial charge in [0, 0.05) is 5.56 Å². The third-order valence-corrected chi connectivity index (χ3v) is 4.58. The number of nitrogens with zero attached hydrogens (tertiary/aromatic N) is 4. The third kappa shape index (κ3) is 3.20. The minimum Gasteiger partial charge on any atom is -0.394 e. The number of amides is 1. The molecule has 1 saturated heterocycles. The van der Waals surface area contributed by atoms with Crippen molar-refractivity contribution in [2.45, 2.75) is 24.6 Å². The number of carbonyl (C=O) groups is 1. The Labute approximate surface area is 162 Å². The zero-order valence-electron chi connectivity index (χ0n) is 14.2. The molecule has 4 atom stereocenters. The van der Waals surface area contributed by atoms with Crippen molar-refractivity contribution < 1.29 is 24.1 Å². The molecule has 0 saturated carbocycles. The molecule has 4 unspecified atom stereocenters. The monoisotopic (exact) mass is 407 g/mol. The molecule has 4 rings (SSSR count). The summed E-state index contributed by atoms with van der Waals surface area (Å²) in [5.41, 5.74) is 0.690. The first-order valence-corrected chi connectivity index (χ1v) is 8.72. The predicted molar refractivity (Wildman–Crippen MR) is 96.6 cm³/mol. The molecule has 3 heterocycles. The average Bonchev–Trinajstić information content (AvgIpc) is 3.23. The van der Waals surface area contributed by atoms with Gasteiger partial charge in [0.15, 0.2) is 29.4 Å². The second-order valence-corrected chi connectivity index (χ2v) is 6.51. The van der Waals surface area contributed by atoms with Crippen molar-refractivity contribution in [3.05, 3.63) is 47.5 Å². The van der Waals surface area contributed by atoms with Crippen molar-refractivity contribution >= 4 is 34.5 Å². The Bertz CT molecular complexity index is 1020. The standard InChI is InChI=1S/C17H15ClFN5O4/c18-17-22-13(21-15(27)8-4-2-1-3-5-8)11-14(23-17)24(7-20-11)16-10(19)12(26)9(6-25)28-16/h1-5,7,9-10,12,16,25-26H,6H2,(H,21,22,23,27). The van der Waals surface area contributed by atoms with E-state index in [-0.39, 0.29) is 22.3 Å². The molecule has 146 valence electrons. The van der Waals surface area contributed by atoms with Gasteiger partial charge in [0.1, 0.15) is 12.2 Å². The molecule has 0 aliphatic carbocycles. The van der Waals surface area contributed by atoms with Crippen molar-refractivity contribution in [1.29, 1.82) is 0 Å². The van der Waals surface area contributed by atoms with Crippen molar-refractivity contribution in [1.82, 2.24) is 19.5 Å². The zero-order valence-corrected chi connectivity index (χ0v) is 15.0. The molecule has 9 nitrogen and oxygen atoms in total. The highest BCUT2D eigenvalue weighted by molar-refractivity contribution is 6.28. The van der Waals surface area contributed by atoms with Crippen molar-refractivity contribution in [2.75, 3.05) is 11.9 Å². The van der Waals surface area contributed by atoms with Crippen LogP contribution in [0.1, 0.15) is 16.6 Å². The van der Waals surface area contributed by atoms with E-state index in [4.69, 9.17) is 16.3 Å². The fourth-order valence-electron chi connectivity index (χ4n) is 3.01. The van der Waals surface area contributed by atoms with Crippen LogP contribution in [0.4, 0.5) is 10.2 Å². The summed E-state index contributed by atoms with van der Waals surface area (Å²) in [4.78, 5) is 24.6. The van der Waals surface area contributed by atoms with Crippen molar-refractivity contribution in [3.63, 3.8) is 0 Å². The molecule has 3 aromatic rings. The van der Waals surface area contributed by atoms with E-state index < -0.39 is 37.1 Å². The maximum absolute atomic E-state index is 14.5. The van der Waals surface area contributed by atoms with Gasteiger partial charge in [-0.2, -0.15) is 9.97 Å². The van der Waals surface area contributed by atoms with Crippen LogP contribution in [-0.2, 0) is 4.74 Å². The van der Waals surface area contributed by atoms with Gasteiger partial charge >= 0.3 is 0 Å². The highest BCUT2D eigenvalue weighted by atomic mass is 35.5. The number of anilines is 1. The number of carbonyl (C=O) groups excluding carboxylic acids is 1. The molecule has 1 fully saturated rings. The molecule has 0 bridgehead atoms. The second-order valence-electron chi connectivity index (χ2n) is 6.17. The molecule has 1 aliphatic rings. The largest absolute Gasteiger partial charge is 0.394 e. The molecule has 28 heavy (non-hydrogen) atoms. The first kappa shape index (κ1) is 18.7. The Hall–Kier alpha value is -2.66. The van der Waals surface area contributed by atoms with Crippen LogP contribution in [-0.4, -0.2) is 60.6 Å². The Morgan fingerprint density at radius 2 is 2.07 bits per heavy atom. The van der Waals surface area contributed by atoms with Crippen LogP contribution in [0, 0.1) is 0 Å². The number of nitrogens with one attached hydrogen (secondary N) is 1. The van der Waals surface area contributed by atoms with E-state index in [1.165, 1.54) is 10.9 Å². The van der Waals surface area contributed by atoms with E-state index in [2.05, 4.69) is 20.3 Å². The molecule has 2 aromatic heterocycles. The number of hydrogen-bond donors (Lipinski definition) is 3. The maximum Gasteiger partial charge on any atom is 0.256 e. The molecule has 3 N–H and O–H groups in total. The lowest BCUT2D eigenvalue weighted by atomic mass is 10.1. The van der Waals surface area contributed by atoms with Gasteiger partial charge < -0.3 is 20.3 Å². The molecule has 0 radical (unpaired) electrons. The summed E-state index contributed by atoms with van der Waals surface area (Å²) in [5, 5.41) is 21.5. The van der Waals surface area contributed by atoms with E-state index in [0.29, 0.717) is 5.56 Å². The van der Waals surface area contributed by atoms with Gasteiger partial charge in [0.25, 0.3) is 5.91 Å². The van der Waals surface area contributed by atoms with Gasteiger partial charge in [0.05, 0.1) is 12.9 Å². The quantitative estimate of drug-likeness (QED) is 0.557. The number of halogens is 2. The number of hydrogen-bond acceptors (Lipinski definition) is 7. The Morgan fingerprint density at radius 1 is 1.32 bits per heavy atom. The summed E-state index contributed by atoms with van der Waals surface area (Å²) in [6, 6.07) is 8.47. The number of aliphatic hydroxyl groups is 2. The lowest BCUT2D eigenvalue weighted by Crippen LogP contribution is -2.30. The average molecular weight is 408 g/mol. The van der Waals surface area contributed by atoms with E-state index in [9.17, 15) is 19.4 Å². The van der Waals surface area contributed by atoms with Crippen molar-refractivity contribution in [2.24, 2.45) is 0 Å². The lowest BCUT2D eigenvalue weighted by molar-refractivity contribution is -0.0459. The van der Waals surface area contributed by atoms with Gasteiger partial charge in [-0.1, -0.05) is 18.2 Å². The smallest absolute Gasteiger partial charge is 0.256 e. The molecule has 1 aromatic carbocycles. The Balaban J connectivity index is 1.70. The number of alkyl halides is 1. The summed E-state index contributed by atoms with van der Waals surface area (Å²) >= 11 is 5.97. The predicted octanol–water partition coefficient (Wildman–Crippen LogP) is 1.32. The summed E-state index contributed by atoms with van der Waals surface area (Å²) in [6.07, 6.45) is -4.40. The number of benzene rings is 1. The molecule has 1 amide bonds. The van der Waals surface area contributed by atoms with Crippen LogP contribution in [0.5, 0.6) is 0 Å². The molecule has 1 aliphatic heterocycles.